The third kappa shape index (κ3) is 2.39. The van der Waals surface area contributed by atoms with Crippen molar-refractivity contribution in [3.05, 3.63) is 46.2 Å². The van der Waals surface area contributed by atoms with Crippen LogP contribution in [0.1, 0.15) is 37.3 Å². The molecule has 0 amide bonds. The number of aromatic amines is 1. The molecule has 1 aromatic carbocycles. The van der Waals surface area contributed by atoms with Gasteiger partial charge < -0.3 is 4.98 Å². The number of H-pyrrole nitrogens is 1. The number of rotatable bonds is 1. The van der Waals surface area contributed by atoms with Crippen LogP contribution in [-0.4, -0.2) is 10.9 Å². The first-order valence-corrected chi connectivity index (χ1v) is 6.55. The first-order chi connectivity index (χ1) is 9.05. The first kappa shape index (κ1) is 12.3. The minimum atomic E-state index is -2.61. The predicted molar refractivity (Wildman–Crippen MR) is 70.7 cm³/mol. The van der Waals surface area contributed by atoms with Crippen molar-refractivity contribution in [1.29, 1.82) is 0 Å². The van der Waals surface area contributed by atoms with Crippen LogP contribution in [0.3, 0.4) is 0 Å². The lowest BCUT2D eigenvalue weighted by molar-refractivity contribution is -0.0412. The molecule has 19 heavy (non-hydrogen) atoms. The minimum Gasteiger partial charge on any atom is -0.358 e. The number of benzene rings is 1. The van der Waals surface area contributed by atoms with Crippen LogP contribution >= 0.6 is 0 Å². The monoisotopic (exact) mass is 263 g/mol. The van der Waals surface area contributed by atoms with Gasteiger partial charge in [0.25, 0.3) is 0 Å². The van der Waals surface area contributed by atoms with Gasteiger partial charge in [0, 0.05) is 41.4 Å². The van der Waals surface area contributed by atoms with E-state index in [0.717, 1.165) is 5.52 Å². The van der Waals surface area contributed by atoms with Gasteiger partial charge in [0.2, 0.25) is 5.92 Å². The van der Waals surface area contributed by atoms with Crippen LogP contribution < -0.4 is 5.43 Å². The first-order valence-electron chi connectivity index (χ1n) is 6.55. The number of hydrogen-bond donors (Lipinski definition) is 1. The second-order valence-electron chi connectivity index (χ2n) is 5.28. The molecule has 0 saturated heterocycles. The fourth-order valence-corrected chi connectivity index (χ4v) is 2.87. The average Bonchev–Trinajstić information content (AvgIpc) is 2.37. The van der Waals surface area contributed by atoms with E-state index in [4.69, 9.17) is 0 Å². The van der Waals surface area contributed by atoms with Crippen molar-refractivity contribution in [2.24, 2.45) is 0 Å². The summed E-state index contributed by atoms with van der Waals surface area (Å²) in [6.07, 6.45) is 1.01. The molecule has 1 aromatic heterocycles. The molecular formula is C15H15F2NO. The molecule has 4 heteroatoms. The maximum atomic E-state index is 13.5. The van der Waals surface area contributed by atoms with Crippen LogP contribution in [-0.2, 0) is 0 Å². The predicted octanol–water partition coefficient (Wildman–Crippen LogP) is 3.82. The summed E-state index contributed by atoms with van der Waals surface area (Å²) in [5, 5.41) is 0.605. The van der Waals surface area contributed by atoms with Crippen molar-refractivity contribution < 1.29 is 8.78 Å². The highest BCUT2D eigenvalue weighted by atomic mass is 19.3. The largest absolute Gasteiger partial charge is 0.358 e. The van der Waals surface area contributed by atoms with Crippen molar-refractivity contribution in [3.8, 4) is 0 Å². The molecule has 1 aliphatic carbocycles. The van der Waals surface area contributed by atoms with E-state index in [9.17, 15) is 13.6 Å². The third-order valence-corrected chi connectivity index (χ3v) is 3.84. The molecule has 1 N–H and O–H groups in total. The summed E-state index contributed by atoms with van der Waals surface area (Å²) in [6.45, 7) is 0. The SMILES string of the molecule is O=c1cc([C@H]2CCCC(F)(F)C2)[nH]c2ccccc12. The Morgan fingerprint density at radius 2 is 2.05 bits per heavy atom. The normalized spacial score (nSPS) is 22.5. The van der Waals surface area contributed by atoms with E-state index in [1.165, 1.54) is 6.07 Å². The van der Waals surface area contributed by atoms with Gasteiger partial charge in [-0.25, -0.2) is 8.78 Å². The molecular weight excluding hydrogens is 248 g/mol. The average molecular weight is 263 g/mol. The van der Waals surface area contributed by atoms with Crippen LogP contribution in [0.25, 0.3) is 10.9 Å². The summed E-state index contributed by atoms with van der Waals surface area (Å²) < 4.78 is 26.9. The zero-order valence-electron chi connectivity index (χ0n) is 10.5. The Kier molecular flexibility index (Phi) is 2.88. The van der Waals surface area contributed by atoms with Crippen molar-refractivity contribution in [3.63, 3.8) is 0 Å². The molecule has 0 radical (unpaired) electrons. The number of aromatic nitrogens is 1. The Labute approximate surface area is 109 Å². The summed E-state index contributed by atoms with van der Waals surface area (Å²) in [4.78, 5) is 15.1. The summed E-state index contributed by atoms with van der Waals surface area (Å²) in [5.41, 5.74) is 1.26. The van der Waals surface area contributed by atoms with Crippen molar-refractivity contribution in [1.82, 2.24) is 4.98 Å². The number of pyridine rings is 1. The number of para-hydroxylation sites is 1. The van der Waals surface area contributed by atoms with E-state index in [1.54, 1.807) is 18.2 Å². The highest BCUT2D eigenvalue weighted by Gasteiger charge is 2.37. The van der Waals surface area contributed by atoms with E-state index in [2.05, 4.69) is 4.98 Å². The second kappa shape index (κ2) is 4.44. The van der Waals surface area contributed by atoms with Crippen LogP contribution in [0.4, 0.5) is 8.78 Å². The van der Waals surface area contributed by atoms with E-state index < -0.39 is 5.92 Å². The summed E-state index contributed by atoms with van der Waals surface area (Å²) in [7, 11) is 0. The zero-order chi connectivity index (χ0) is 13.5. The van der Waals surface area contributed by atoms with Gasteiger partial charge in [0.1, 0.15) is 0 Å². The molecule has 3 rings (SSSR count). The molecule has 1 heterocycles. The van der Waals surface area contributed by atoms with Crippen LogP contribution in [0, 0.1) is 0 Å². The van der Waals surface area contributed by atoms with Gasteiger partial charge in [-0.1, -0.05) is 12.1 Å². The second-order valence-corrected chi connectivity index (χ2v) is 5.28. The van der Waals surface area contributed by atoms with Gasteiger partial charge in [0.05, 0.1) is 0 Å². The van der Waals surface area contributed by atoms with E-state index in [1.807, 2.05) is 6.07 Å². The molecule has 2 aromatic rings. The Morgan fingerprint density at radius 1 is 1.26 bits per heavy atom. The molecule has 1 aliphatic rings. The van der Waals surface area contributed by atoms with E-state index in [0.29, 0.717) is 23.9 Å². The molecule has 1 atom stereocenters. The number of fused-ring (bicyclic) bond motifs is 1. The summed E-state index contributed by atoms with van der Waals surface area (Å²) in [6, 6.07) is 8.66. The molecule has 100 valence electrons. The lowest BCUT2D eigenvalue weighted by Gasteiger charge is -2.28. The highest BCUT2D eigenvalue weighted by Crippen LogP contribution is 2.41. The van der Waals surface area contributed by atoms with Gasteiger partial charge >= 0.3 is 0 Å². The highest BCUT2D eigenvalue weighted by molar-refractivity contribution is 5.78. The summed E-state index contributed by atoms with van der Waals surface area (Å²) in [5.74, 6) is -2.85. The maximum Gasteiger partial charge on any atom is 0.248 e. The summed E-state index contributed by atoms with van der Waals surface area (Å²) >= 11 is 0. The van der Waals surface area contributed by atoms with Crippen molar-refractivity contribution in [2.45, 2.75) is 37.5 Å². The third-order valence-electron chi connectivity index (χ3n) is 3.84. The Bertz CT molecular complexity index is 662. The maximum absolute atomic E-state index is 13.5. The molecule has 0 unspecified atom stereocenters. The van der Waals surface area contributed by atoms with E-state index >= 15 is 0 Å². The fraction of sp³-hybridized carbons (Fsp3) is 0.400. The molecule has 2 nitrogen and oxygen atoms in total. The number of halogens is 2. The van der Waals surface area contributed by atoms with Crippen molar-refractivity contribution >= 4 is 10.9 Å². The van der Waals surface area contributed by atoms with Crippen LogP contribution in [0.2, 0.25) is 0 Å². The lowest BCUT2D eigenvalue weighted by Crippen LogP contribution is -2.26. The Morgan fingerprint density at radius 3 is 2.84 bits per heavy atom. The molecule has 1 fully saturated rings. The molecule has 0 aliphatic heterocycles. The van der Waals surface area contributed by atoms with Gasteiger partial charge in [0.15, 0.2) is 5.43 Å². The number of alkyl halides is 2. The molecule has 0 spiro atoms. The number of nitrogens with one attached hydrogen (secondary N) is 1. The van der Waals surface area contributed by atoms with E-state index in [-0.39, 0.29) is 24.2 Å². The fourth-order valence-electron chi connectivity index (χ4n) is 2.87. The zero-order valence-corrected chi connectivity index (χ0v) is 10.5. The smallest absolute Gasteiger partial charge is 0.248 e. The minimum absolute atomic E-state index is 0.0404. The quantitative estimate of drug-likeness (QED) is 0.833. The lowest BCUT2D eigenvalue weighted by atomic mass is 9.84. The Balaban J connectivity index is 2.03. The standard InChI is InChI=1S/C15H15F2NO/c16-15(17)7-3-4-10(9-15)13-8-14(19)11-5-1-2-6-12(11)18-13/h1-2,5-6,8,10H,3-4,7,9H2,(H,18,19)/t10-/m0/s1. The van der Waals surface area contributed by atoms with Gasteiger partial charge in [-0.05, 0) is 25.0 Å². The molecule has 0 bridgehead atoms. The van der Waals surface area contributed by atoms with Crippen LogP contribution in [0.5, 0.6) is 0 Å². The Hall–Kier alpha value is -1.71. The van der Waals surface area contributed by atoms with Crippen molar-refractivity contribution in [2.75, 3.05) is 0 Å². The van der Waals surface area contributed by atoms with Crippen LogP contribution in [0.15, 0.2) is 35.1 Å². The topological polar surface area (TPSA) is 32.9 Å². The van der Waals surface area contributed by atoms with Gasteiger partial charge in [-0.3, -0.25) is 4.79 Å². The molecule has 1 saturated carbocycles. The number of hydrogen-bond acceptors (Lipinski definition) is 1. The van der Waals surface area contributed by atoms with Gasteiger partial charge in [-0.2, -0.15) is 0 Å². The van der Waals surface area contributed by atoms with Gasteiger partial charge in [-0.15, -0.1) is 0 Å².